The minimum Gasteiger partial charge on any atom is -0.171 e. The molecule has 20 heavy (non-hydrogen) atoms. The van der Waals surface area contributed by atoms with Crippen LogP contribution < -0.4 is 0 Å². The second-order valence-electron chi connectivity index (χ2n) is 4.62. The summed E-state index contributed by atoms with van der Waals surface area (Å²) in [6, 6.07) is 20.6. The minimum absolute atomic E-state index is 0.0117. The number of nitrogens with zero attached hydrogens (tertiary/aromatic N) is 3. The van der Waals surface area contributed by atoms with Crippen molar-refractivity contribution in [1.29, 1.82) is 0 Å². The highest BCUT2D eigenvalue weighted by Crippen LogP contribution is 2.26. The minimum atomic E-state index is -0.0117. The lowest BCUT2D eigenvalue weighted by molar-refractivity contribution is 0.514. The number of aryl methyl sites for hydroxylation is 1. The maximum atomic E-state index is 4.52. The summed E-state index contributed by atoms with van der Waals surface area (Å²) < 4.78 is 0.786. The molecule has 0 saturated heterocycles. The Kier molecular flexibility index (Phi) is 3.65. The zero-order chi connectivity index (χ0) is 13.9. The molecule has 1 heterocycles. The fraction of sp³-hybridized carbons (Fsp3) is 0.125. The van der Waals surface area contributed by atoms with E-state index in [4.69, 9.17) is 0 Å². The third-order valence-electron chi connectivity index (χ3n) is 3.20. The SMILES string of the molecule is Cc1nn(C(c2ccccc2)c2ccccc2)nc1Br. The molecule has 1 aromatic heterocycles. The smallest absolute Gasteiger partial charge is 0.151 e. The monoisotopic (exact) mass is 327 g/mol. The van der Waals surface area contributed by atoms with Crippen LogP contribution in [0.2, 0.25) is 0 Å². The van der Waals surface area contributed by atoms with Gasteiger partial charge in [0.05, 0.1) is 5.69 Å². The molecule has 0 saturated carbocycles. The van der Waals surface area contributed by atoms with Crippen molar-refractivity contribution in [3.63, 3.8) is 0 Å². The Balaban J connectivity index is 2.14. The van der Waals surface area contributed by atoms with Crippen LogP contribution in [0, 0.1) is 6.92 Å². The van der Waals surface area contributed by atoms with E-state index in [0.717, 1.165) is 10.3 Å². The zero-order valence-corrected chi connectivity index (χ0v) is 12.7. The standard InChI is InChI=1S/C16H14BrN3/c1-12-16(17)19-20(18-12)15(13-8-4-2-5-9-13)14-10-6-3-7-11-14/h2-11,15H,1H3. The topological polar surface area (TPSA) is 30.7 Å². The van der Waals surface area contributed by atoms with E-state index in [0.29, 0.717) is 0 Å². The predicted molar refractivity (Wildman–Crippen MR) is 82.6 cm³/mol. The average molecular weight is 328 g/mol. The highest BCUT2D eigenvalue weighted by Gasteiger charge is 2.19. The van der Waals surface area contributed by atoms with Gasteiger partial charge in [0.25, 0.3) is 0 Å². The van der Waals surface area contributed by atoms with Crippen molar-refractivity contribution in [3.8, 4) is 0 Å². The summed E-state index contributed by atoms with van der Waals surface area (Å²) in [5, 5.41) is 9.01. The van der Waals surface area contributed by atoms with Crippen LogP contribution in [0.15, 0.2) is 65.3 Å². The van der Waals surface area contributed by atoms with Gasteiger partial charge in [-0.15, -0.1) is 5.10 Å². The van der Waals surface area contributed by atoms with Gasteiger partial charge in [-0.1, -0.05) is 60.7 Å². The molecule has 0 unspecified atom stereocenters. The molecule has 3 nitrogen and oxygen atoms in total. The number of halogens is 1. The van der Waals surface area contributed by atoms with Crippen molar-refractivity contribution in [3.05, 3.63) is 82.1 Å². The second kappa shape index (κ2) is 5.59. The average Bonchev–Trinajstić information content (AvgIpc) is 2.81. The van der Waals surface area contributed by atoms with Crippen molar-refractivity contribution in [2.75, 3.05) is 0 Å². The first-order chi connectivity index (χ1) is 9.75. The van der Waals surface area contributed by atoms with Crippen molar-refractivity contribution in [2.24, 2.45) is 0 Å². The normalized spacial score (nSPS) is 10.9. The van der Waals surface area contributed by atoms with Crippen molar-refractivity contribution in [1.82, 2.24) is 15.0 Å². The lowest BCUT2D eigenvalue weighted by Crippen LogP contribution is -2.15. The molecule has 0 fully saturated rings. The van der Waals surface area contributed by atoms with Crippen molar-refractivity contribution >= 4 is 15.9 Å². The van der Waals surface area contributed by atoms with Crippen LogP contribution in [0.3, 0.4) is 0 Å². The van der Waals surface area contributed by atoms with E-state index < -0.39 is 0 Å². The summed E-state index contributed by atoms with van der Waals surface area (Å²) in [5.41, 5.74) is 3.23. The van der Waals surface area contributed by atoms with Crippen LogP contribution in [0.1, 0.15) is 22.9 Å². The quantitative estimate of drug-likeness (QED) is 0.728. The fourth-order valence-electron chi connectivity index (χ4n) is 2.22. The molecule has 0 aliphatic rings. The molecule has 2 aromatic carbocycles. The molecule has 3 rings (SSSR count). The summed E-state index contributed by atoms with van der Waals surface area (Å²) in [4.78, 5) is 1.77. The maximum Gasteiger partial charge on any atom is 0.151 e. The Hall–Kier alpha value is -1.94. The lowest BCUT2D eigenvalue weighted by Gasteiger charge is -2.17. The summed E-state index contributed by atoms with van der Waals surface area (Å²) in [6.07, 6.45) is 0. The highest BCUT2D eigenvalue weighted by molar-refractivity contribution is 9.10. The molecule has 0 N–H and O–H groups in total. The Morgan fingerprint density at radius 3 is 1.75 bits per heavy atom. The van der Waals surface area contributed by atoms with Gasteiger partial charge in [0, 0.05) is 0 Å². The first-order valence-electron chi connectivity index (χ1n) is 6.44. The lowest BCUT2D eigenvalue weighted by atomic mass is 9.99. The number of aromatic nitrogens is 3. The van der Waals surface area contributed by atoms with E-state index in [1.54, 1.807) is 4.80 Å². The summed E-state index contributed by atoms with van der Waals surface area (Å²) in [6.45, 7) is 1.95. The summed E-state index contributed by atoms with van der Waals surface area (Å²) >= 11 is 3.44. The van der Waals surface area contributed by atoms with Crippen LogP contribution in [0.5, 0.6) is 0 Å². The first kappa shape index (κ1) is 13.1. The van der Waals surface area contributed by atoms with Gasteiger partial charge in [-0.2, -0.15) is 9.90 Å². The Morgan fingerprint density at radius 1 is 0.850 bits per heavy atom. The predicted octanol–water partition coefficient (Wildman–Crippen LogP) is 3.99. The van der Waals surface area contributed by atoms with Crippen LogP contribution in [0.25, 0.3) is 0 Å². The van der Waals surface area contributed by atoms with Crippen LogP contribution in [-0.2, 0) is 0 Å². The number of rotatable bonds is 3. The Morgan fingerprint density at radius 2 is 1.35 bits per heavy atom. The van der Waals surface area contributed by atoms with Gasteiger partial charge < -0.3 is 0 Å². The molecule has 0 spiro atoms. The molecular weight excluding hydrogens is 314 g/mol. The summed E-state index contributed by atoms with van der Waals surface area (Å²) in [5.74, 6) is 0. The van der Waals surface area contributed by atoms with E-state index in [1.807, 2.05) is 43.3 Å². The van der Waals surface area contributed by atoms with E-state index in [1.165, 1.54) is 11.1 Å². The molecule has 3 aromatic rings. The van der Waals surface area contributed by atoms with Gasteiger partial charge in [0.2, 0.25) is 0 Å². The summed E-state index contributed by atoms with van der Waals surface area (Å²) in [7, 11) is 0. The Labute approximate surface area is 126 Å². The molecule has 0 radical (unpaired) electrons. The molecule has 4 heteroatoms. The molecule has 0 atom stereocenters. The van der Waals surface area contributed by atoms with E-state index >= 15 is 0 Å². The maximum absolute atomic E-state index is 4.52. The highest BCUT2D eigenvalue weighted by atomic mass is 79.9. The molecule has 100 valence electrons. The number of hydrogen-bond donors (Lipinski definition) is 0. The van der Waals surface area contributed by atoms with Gasteiger partial charge >= 0.3 is 0 Å². The van der Waals surface area contributed by atoms with E-state index in [-0.39, 0.29) is 6.04 Å². The zero-order valence-electron chi connectivity index (χ0n) is 11.1. The van der Waals surface area contributed by atoms with Gasteiger partial charge in [0.1, 0.15) is 6.04 Å². The van der Waals surface area contributed by atoms with E-state index in [2.05, 4.69) is 50.4 Å². The van der Waals surface area contributed by atoms with Crippen LogP contribution in [0.4, 0.5) is 0 Å². The molecule has 0 aliphatic heterocycles. The van der Waals surface area contributed by atoms with E-state index in [9.17, 15) is 0 Å². The van der Waals surface area contributed by atoms with Gasteiger partial charge in [-0.25, -0.2) is 0 Å². The number of benzene rings is 2. The van der Waals surface area contributed by atoms with Crippen LogP contribution in [-0.4, -0.2) is 15.0 Å². The number of hydrogen-bond acceptors (Lipinski definition) is 2. The fourth-order valence-corrected chi connectivity index (χ4v) is 2.47. The third-order valence-corrected chi connectivity index (χ3v) is 3.94. The van der Waals surface area contributed by atoms with Gasteiger partial charge in [-0.05, 0) is 34.0 Å². The Bertz CT molecular complexity index is 633. The second-order valence-corrected chi connectivity index (χ2v) is 5.37. The van der Waals surface area contributed by atoms with Gasteiger partial charge in [0.15, 0.2) is 4.60 Å². The largest absolute Gasteiger partial charge is 0.171 e. The van der Waals surface area contributed by atoms with Gasteiger partial charge in [-0.3, -0.25) is 0 Å². The molecular formula is C16H14BrN3. The van der Waals surface area contributed by atoms with Crippen molar-refractivity contribution in [2.45, 2.75) is 13.0 Å². The molecule has 0 bridgehead atoms. The molecule has 0 aliphatic carbocycles. The first-order valence-corrected chi connectivity index (χ1v) is 7.24. The van der Waals surface area contributed by atoms with Crippen molar-refractivity contribution < 1.29 is 0 Å². The molecule has 0 amide bonds. The van der Waals surface area contributed by atoms with Crippen LogP contribution >= 0.6 is 15.9 Å². The third kappa shape index (κ3) is 2.51.